The molecule has 3 aromatic carbocycles. The molecule has 0 aliphatic rings. The molecule has 0 saturated heterocycles. The first-order chi connectivity index (χ1) is 14.9. The van der Waals surface area contributed by atoms with Crippen LogP contribution in [-0.4, -0.2) is 26.9 Å². The van der Waals surface area contributed by atoms with E-state index in [1.807, 2.05) is 0 Å². The summed E-state index contributed by atoms with van der Waals surface area (Å²) in [6.45, 7) is 0.0512. The van der Waals surface area contributed by atoms with E-state index in [1.165, 1.54) is 10.4 Å². The van der Waals surface area contributed by atoms with Gasteiger partial charge in [0.1, 0.15) is 22.2 Å². The van der Waals surface area contributed by atoms with E-state index in [1.54, 1.807) is 68.8 Å². The van der Waals surface area contributed by atoms with Gasteiger partial charge in [0.2, 0.25) is 10.0 Å². The Hall–Kier alpha value is -3.41. The van der Waals surface area contributed by atoms with Gasteiger partial charge in [-0.2, -0.15) is 9.57 Å². The van der Waals surface area contributed by atoms with Crippen LogP contribution in [0, 0.1) is 17.1 Å². The highest BCUT2D eigenvalue weighted by Gasteiger charge is 2.28. The van der Waals surface area contributed by atoms with Crippen LogP contribution in [0.4, 0.5) is 4.39 Å². The van der Waals surface area contributed by atoms with Crippen molar-refractivity contribution in [3.05, 3.63) is 89.2 Å². The number of sulfonamides is 1. The number of halogens is 1. The third kappa shape index (κ3) is 5.20. The highest BCUT2D eigenvalue weighted by Crippen LogP contribution is 2.25. The Bertz CT molecular complexity index is 1140. The number of benzene rings is 3. The lowest BCUT2D eigenvalue weighted by Gasteiger charge is -2.23. The van der Waals surface area contributed by atoms with Gasteiger partial charge in [-0.25, -0.2) is 12.8 Å². The molecule has 6 nitrogen and oxygen atoms in total. The molecule has 0 heterocycles. The number of rotatable bonds is 8. The Balaban J connectivity index is 1.99. The molecule has 0 N–H and O–H groups in total. The third-order valence-electron chi connectivity index (χ3n) is 4.71. The highest BCUT2D eigenvalue weighted by atomic mass is 32.2. The van der Waals surface area contributed by atoms with Gasteiger partial charge in [0.05, 0.1) is 25.9 Å². The molecule has 3 rings (SSSR count). The zero-order valence-electron chi connectivity index (χ0n) is 17.1. The van der Waals surface area contributed by atoms with Gasteiger partial charge >= 0.3 is 0 Å². The van der Waals surface area contributed by atoms with Crippen LogP contribution in [0.3, 0.4) is 0 Å². The minimum Gasteiger partial charge on any atom is -0.497 e. The van der Waals surface area contributed by atoms with Crippen molar-refractivity contribution < 1.29 is 22.3 Å². The average molecular weight is 440 g/mol. The number of ether oxygens (including phenoxy) is 2. The van der Waals surface area contributed by atoms with Crippen molar-refractivity contribution in [1.29, 1.82) is 5.26 Å². The summed E-state index contributed by atoms with van der Waals surface area (Å²) in [5, 5.41) is 8.94. The van der Waals surface area contributed by atoms with Crippen molar-refractivity contribution in [3.8, 4) is 17.6 Å². The fourth-order valence-corrected chi connectivity index (χ4v) is 4.48. The molecule has 0 radical (unpaired) electrons. The predicted molar refractivity (Wildman–Crippen MR) is 114 cm³/mol. The summed E-state index contributed by atoms with van der Waals surface area (Å²) in [5.74, 6) is 0.325. The zero-order chi connectivity index (χ0) is 22.4. The van der Waals surface area contributed by atoms with E-state index >= 15 is 0 Å². The molecule has 0 fully saturated rings. The Morgan fingerprint density at radius 1 is 0.871 bits per heavy atom. The topological polar surface area (TPSA) is 79.6 Å². The number of nitrogens with zero attached hydrogens (tertiary/aromatic N) is 2. The average Bonchev–Trinajstić information content (AvgIpc) is 2.79. The van der Waals surface area contributed by atoms with Crippen LogP contribution in [-0.2, 0) is 23.1 Å². The second kappa shape index (κ2) is 9.60. The van der Waals surface area contributed by atoms with E-state index in [2.05, 4.69) is 0 Å². The molecule has 31 heavy (non-hydrogen) atoms. The van der Waals surface area contributed by atoms with Gasteiger partial charge in [0, 0.05) is 13.1 Å². The quantitative estimate of drug-likeness (QED) is 0.527. The lowest BCUT2D eigenvalue weighted by Crippen LogP contribution is -2.31. The molecule has 160 valence electrons. The molecule has 0 spiro atoms. The minimum atomic E-state index is -4.20. The van der Waals surface area contributed by atoms with Crippen LogP contribution in [0.5, 0.6) is 11.5 Å². The lowest BCUT2D eigenvalue weighted by atomic mass is 10.2. The molecule has 0 atom stereocenters. The minimum absolute atomic E-state index is 0.0256. The maximum atomic E-state index is 14.6. The summed E-state index contributed by atoms with van der Waals surface area (Å²) < 4.78 is 52.8. The molecule has 0 unspecified atom stereocenters. The van der Waals surface area contributed by atoms with E-state index in [4.69, 9.17) is 14.7 Å². The molecular weight excluding hydrogens is 419 g/mol. The summed E-state index contributed by atoms with van der Waals surface area (Å²) in [5.41, 5.74) is 1.48. The Morgan fingerprint density at radius 3 is 1.74 bits per heavy atom. The van der Waals surface area contributed by atoms with E-state index in [0.717, 1.165) is 12.1 Å². The Labute approximate surface area is 181 Å². The first-order valence-corrected chi connectivity index (χ1v) is 10.8. The van der Waals surface area contributed by atoms with Crippen LogP contribution in [0.1, 0.15) is 16.7 Å². The van der Waals surface area contributed by atoms with E-state index in [-0.39, 0.29) is 18.7 Å². The molecule has 0 saturated carbocycles. The van der Waals surface area contributed by atoms with E-state index in [0.29, 0.717) is 22.6 Å². The van der Waals surface area contributed by atoms with E-state index in [9.17, 15) is 12.8 Å². The van der Waals surface area contributed by atoms with Crippen LogP contribution in [0.25, 0.3) is 0 Å². The molecule has 0 aliphatic heterocycles. The predicted octanol–water partition coefficient (Wildman–Crippen LogP) is 4.11. The van der Waals surface area contributed by atoms with Crippen molar-refractivity contribution in [2.75, 3.05) is 14.2 Å². The van der Waals surface area contributed by atoms with Crippen molar-refractivity contribution in [2.45, 2.75) is 18.0 Å². The normalized spacial score (nSPS) is 11.2. The van der Waals surface area contributed by atoms with Crippen molar-refractivity contribution in [1.82, 2.24) is 4.31 Å². The molecule has 3 aromatic rings. The summed E-state index contributed by atoms with van der Waals surface area (Å²) in [7, 11) is -1.11. The maximum absolute atomic E-state index is 14.6. The van der Waals surface area contributed by atoms with Gasteiger partial charge in [-0.15, -0.1) is 0 Å². The Morgan fingerprint density at radius 2 is 1.35 bits per heavy atom. The smallest absolute Gasteiger partial charge is 0.246 e. The van der Waals surface area contributed by atoms with Gasteiger partial charge in [-0.1, -0.05) is 24.3 Å². The SMILES string of the molecule is COc1ccc(CN(Cc2ccc(OC)cc2)S(=O)(=O)c2ccc(C#N)cc2F)cc1. The molecule has 8 heteroatoms. The van der Waals surface area contributed by atoms with Crippen LogP contribution in [0.15, 0.2) is 71.6 Å². The van der Waals surface area contributed by atoms with Crippen molar-refractivity contribution in [3.63, 3.8) is 0 Å². The first-order valence-electron chi connectivity index (χ1n) is 9.33. The fraction of sp³-hybridized carbons (Fsp3) is 0.174. The Kier molecular flexibility index (Phi) is 6.90. The third-order valence-corrected chi connectivity index (χ3v) is 6.54. The zero-order valence-corrected chi connectivity index (χ0v) is 17.9. The van der Waals surface area contributed by atoms with Gasteiger partial charge < -0.3 is 9.47 Å². The molecular formula is C23H21FN2O4S. The van der Waals surface area contributed by atoms with Crippen LogP contribution >= 0.6 is 0 Å². The number of methoxy groups -OCH3 is 2. The monoisotopic (exact) mass is 440 g/mol. The van der Waals surface area contributed by atoms with Gasteiger partial charge in [-0.05, 0) is 53.6 Å². The number of hydrogen-bond donors (Lipinski definition) is 0. The second-order valence-corrected chi connectivity index (χ2v) is 8.63. The molecule has 0 amide bonds. The van der Waals surface area contributed by atoms with E-state index < -0.39 is 20.7 Å². The second-order valence-electron chi connectivity index (χ2n) is 6.73. The van der Waals surface area contributed by atoms with Gasteiger partial charge in [0.25, 0.3) is 0 Å². The largest absolute Gasteiger partial charge is 0.497 e. The van der Waals surface area contributed by atoms with Crippen molar-refractivity contribution >= 4 is 10.0 Å². The standard InChI is InChI=1S/C23H21FN2O4S/c1-29-20-8-3-17(4-9-20)15-26(16-18-5-10-21(30-2)11-6-18)31(27,28)23-12-7-19(14-25)13-22(23)24/h3-13H,15-16H2,1-2H3. The fourth-order valence-electron chi connectivity index (χ4n) is 3.01. The lowest BCUT2D eigenvalue weighted by molar-refractivity contribution is 0.395. The molecule has 0 bridgehead atoms. The van der Waals surface area contributed by atoms with Crippen molar-refractivity contribution in [2.24, 2.45) is 0 Å². The molecule has 0 aliphatic carbocycles. The van der Waals surface area contributed by atoms with Crippen LogP contribution in [0.2, 0.25) is 0 Å². The summed E-state index contributed by atoms with van der Waals surface area (Å²) in [6, 6.07) is 19.1. The van der Waals surface area contributed by atoms with Crippen LogP contribution < -0.4 is 9.47 Å². The first kappa shape index (κ1) is 22.3. The summed E-state index contributed by atoms with van der Waals surface area (Å²) in [4.78, 5) is -0.478. The maximum Gasteiger partial charge on any atom is 0.246 e. The number of hydrogen-bond acceptors (Lipinski definition) is 5. The summed E-state index contributed by atoms with van der Waals surface area (Å²) in [6.07, 6.45) is 0. The van der Waals surface area contributed by atoms with Gasteiger partial charge in [0.15, 0.2) is 0 Å². The molecule has 0 aromatic heterocycles. The number of nitriles is 1. The summed E-state index contributed by atoms with van der Waals surface area (Å²) >= 11 is 0. The van der Waals surface area contributed by atoms with Gasteiger partial charge in [-0.3, -0.25) is 0 Å². The highest BCUT2D eigenvalue weighted by molar-refractivity contribution is 7.89.